The average Bonchev–Trinajstić information content (AvgIpc) is 2.33. The molecule has 0 aromatic heterocycles. The highest BCUT2D eigenvalue weighted by atomic mass is 16.6. The van der Waals surface area contributed by atoms with Gasteiger partial charge in [0.1, 0.15) is 11.4 Å². The zero-order valence-corrected chi connectivity index (χ0v) is 15.2. The van der Waals surface area contributed by atoms with Gasteiger partial charge in [-0.25, -0.2) is 4.79 Å². The zero-order chi connectivity index (χ0) is 17.3. The number of carbonyl (C=O) groups is 1. The first-order valence-electron chi connectivity index (χ1n) is 8.24. The van der Waals surface area contributed by atoms with Crippen molar-refractivity contribution in [1.29, 1.82) is 0 Å². The van der Waals surface area contributed by atoms with E-state index in [1.165, 1.54) is 5.56 Å². The smallest absolute Gasteiger partial charge is 0.410 e. The second-order valence-corrected chi connectivity index (χ2v) is 8.50. The molecule has 0 N–H and O–H groups in total. The maximum atomic E-state index is 11.9. The summed E-state index contributed by atoms with van der Waals surface area (Å²) < 4.78 is 11.2. The second-order valence-electron chi connectivity index (χ2n) is 8.50. The second kappa shape index (κ2) is 6.42. The van der Waals surface area contributed by atoms with Crippen molar-refractivity contribution in [3.05, 3.63) is 29.8 Å². The van der Waals surface area contributed by atoms with E-state index in [-0.39, 0.29) is 11.5 Å². The summed E-state index contributed by atoms with van der Waals surface area (Å²) in [5.41, 5.74) is 0.960. The lowest BCUT2D eigenvalue weighted by atomic mass is 9.92. The van der Waals surface area contributed by atoms with E-state index in [0.717, 1.165) is 18.8 Å². The summed E-state index contributed by atoms with van der Waals surface area (Å²) in [6, 6.07) is 8.21. The summed E-state index contributed by atoms with van der Waals surface area (Å²) in [6.45, 7) is 14.3. The van der Waals surface area contributed by atoms with E-state index in [0.29, 0.717) is 12.5 Å². The average molecular weight is 319 g/mol. The lowest BCUT2D eigenvalue weighted by Gasteiger charge is -2.40. The van der Waals surface area contributed by atoms with Gasteiger partial charge in [-0.15, -0.1) is 0 Å². The fraction of sp³-hybridized carbons (Fsp3) is 0.632. The Bertz CT molecular complexity index is 531. The molecule has 0 spiro atoms. The first-order valence-corrected chi connectivity index (χ1v) is 8.24. The van der Waals surface area contributed by atoms with E-state index in [2.05, 4.69) is 32.9 Å². The van der Waals surface area contributed by atoms with Crippen molar-refractivity contribution >= 4 is 6.09 Å². The Morgan fingerprint density at radius 2 is 1.65 bits per heavy atom. The summed E-state index contributed by atoms with van der Waals surface area (Å²) in [4.78, 5) is 13.7. The molecule has 0 atom stereocenters. The predicted octanol–water partition coefficient (Wildman–Crippen LogP) is 4.45. The molecule has 0 saturated carbocycles. The molecule has 23 heavy (non-hydrogen) atoms. The number of likely N-dealkylation sites (tertiary alicyclic amines) is 1. The number of hydrogen-bond acceptors (Lipinski definition) is 3. The molecule has 1 aliphatic heterocycles. The summed E-state index contributed by atoms with van der Waals surface area (Å²) in [5.74, 6) is 1.28. The van der Waals surface area contributed by atoms with Crippen LogP contribution in [0.5, 0.6) is 5.75 Å². The van der Waals surface area contributed by atoms with Crippen LogP contribution >= 0.6 is 0 Å². The van der Waals surface area contributed by atoms with Gasteiger partial charge in [-0.3, -0.25) is 0 Å². The van der Waals surface area contributed by atoms with Crippen LogP contribution in [0, 0.1) is 5.41 Å². The predicted molar refractivity (Wildman–Crippen MR) is 91.9 cm³/mol. The van der Waals surface area contributed by atoms with Gasteiger partial charge in [0, 0.05) is 19.0 Å². The number of nitrogens with zero attached hydrogens (tertiary/aromatic N) is 1. The molecule has 1 aliphatic rings. The lowest BCUT2D eigenvalue weighted by Crippen LogP contribution is -2.50. The van der Waals surface area contributed by atoms with Gasteiger partial charge < -0.3 is 14.4 Å². The molecule has 0 unspecified atom stereocenters. The van der Waals surface area contributed by atoms with Gasteiger partial charge >= 0.3 is 6.09 Å². The van der Waals surface area contributed by atoms with E-state index in [4.69, 9.17) is 9.47 Å². The van der Waals surface area contributed by atoms with Crippen LogP contribution in [0.3, 0.4) is 0 Å². The largest absolute Gasteiger partial charge is 0.493 e. The third-order valence-electron chi connectivity index (χ3n) is 3.56. The van der Waals surface area contributed by atoms with E-state index < -0.39 is 5.60 Å². The molecule has 2 rings (SSSR count). The molecule has 1 aromatic rings. The summed E-state index contributed by atoms with van der Waals surface area (Å²) >= 11 is 0. The highest BCUT2D eigenvalue weighted by Crippen LogP contribution is 2.29. The van der Waals surface area contributed by atoms with Gasteiger partial charge in [-0.05, 0) is 43.9 Å². The van der Waals surface area contributed by atoms with E-state index in [1.54, 1.807) is 4.90 Å². The summed E-state index contributed by atoms with van der Waals surface area (Å²) in [7, 11) is 0. The van der Waals surface area contributed by atoms with Crippen molar-refractivity contribution in [3.8, 4) is 5.75 Å². The van der Waals surface area contributed by atoms with Crippen molar-refractivity contribution < 1.29 is 14.3 Å². The van der Waals surface area contributed by atoms with E-state index in [1.807, 2.05) is 32.9 Å². The molecule has 128 valence electrons. The normalized spacial score (nSPS) is 16.0. The Morgan fingerprint density at radius 1 is 1.09 bits per heavy atom. The molecule has 1 amide bonds. The van der Waals surface area contributed by atoms with Gasteiger partial charge in [0.15, 0.2) is 0 Å². The van der Waals surface area contributed by atoms with Crippen molar-refractivity contribution in [1.82, 2.24) is 4.90 Å². The Labute approximate surface area is 139 Å². The Balaban J connectivity index is 1.83. The molecular formula is C19H29NO3. The maximum Gasteiger partial charge on any atom is 0.410 e. The van der Waals surface area contributed by atoms with Crippen molar-refractivity contribution in [3.63, 3.8) is 0 Å². The number of amides is 1. The van der Waals surface area contributed by atoms with Gasteiger partial charge in [0.05, 0.1) is 6.61 Å². The Kier molecular flexibility index (Phi) is 4.92. The van der Waals surface area contributed by atoms with Crippen LogP contribution in [-0.4, -0.2) is 36.3 Å². The third kappa shape index (κ3) is 5.45. The number of benzene rings is 1. The van der Waals surface area contributed by atoms with Crippen LogP contribution in [0.1, 0.15) is 53.0 Å². The van der Waals surface area contributed by atoms with Crippen LogP contribution < -0.4 is 4.74 Å². The lowest BCUT2D eigenvalue weighted by molar-refractivity contribution is 0.00819. The minimum absolute atomic E-state index is 0.153. The first kappa shape index (κ1) is 17.6. The molecule has 0 aliphatic carbocycles. The van der Waals surface area contributed by atoms with E-state index >= 15 is 0 Å². The van der Waals surface area contributed by atoms with Gasteiger partial charge in [0.2, 0.25) is 0 Å². The molecule has 1 heterocycles. The highest BCUT2D eigenvalue weighted by Gasteiger charge is 2.34. The number of carbonyl (C=O) groups excluding carboxylic acids is 1. The van der Waals surface area contributed by atoms with Crippen LogP contribution in [0.25, 0.3) is 0 Å². The zero-order valence-electron chi connectivity index (χ0n) is 15.2. The molecule has 0 bridgehead atoms. The molecule has 0 radical (unpaired) electrons. The molecular weight excluding hydrogens is 290 g/mol. The van der Waals surface area contributed by atoms with Gasteiger partial charge in [-0.2, -0.15) is 0 Å². The van der Waals surface area contributed by atoms with Crippen LogP contribution in [0.15, 0.2) is 24.3 Å². The number of rotatable bonds is 3. The number of hydrogen-bond donors (Lipinski definition) is 0. The molecule has 4 nitrogen and oxygen atoms in total. The van der Waals surface area contributed by atoms with Gasteiger partial charge in [-0.1, -0.05) is 32.9 Å². The first-order chi connectivity index (χ1) is 10.5. The van der Waals surface area contributed by atoms with E-state index in [9.17, 15) is 4.79 Å². The monoisotopic (exact) mass is 319 g/mol. The fourth-order valence-electron chi connectivity index (χ4n) is 2.30. The standard InChI is InChI=1S/C19H29NO3/c1-18(2,3)13-22-16-9-7-14(8-10-16)15-11-20(12-15)17(21)23-19(4,5)6/h7-10,15H,11-13H2,1-6H3. The minimum atomic E-state index is -0.436. The fourth-order valence-corrected chi connectivity index (χ4v) is 2.30. The minimum Gasteiger partial charge on any atom is -0.493 e. The quantitative estimate of drug-likeness (QED) is 0.826. The Morgan fingerprint density at radius 3 is 2.13 bits per heavy atom. The van der Waals surface area contributed by atoms with Crippen molar-refractivity contribution in [2.24, 2.45) is 5.41 Å². The molecule has 4 heteroatoms. The molecule has 1 fully saturated rings. The van der Waals surface area contributed by atoms with Crippen molar-refractivity contribution in [2.75, 3.05) is 19.7 Å². The third-order valence-corrected chi connectivity index (χ3v) is 3.56. The van der Waals surface area contributed by atoms with Crippen LogP contribution in [-0.2, 0) is 4.74 Å². The maximum absolute atomic E-state index is 11.9. The van der Waals surface area contributed by atoms with Crippen molar-refractivity contribution in [2.45, 2.75) is 53.1 Å². The van der Waals surface area contributed by atoms with Crippen LogP contribution in [0.2, 0.25) is 0 Å². The highest BCUT2D eigenvalue weighted by molar-refractivity contribution is 5.69. The topological polar surface area (TPSA) is 38.8 Å². The van der Waals surface area contributed by atoms with Crippen LogP contribution in [0.4, 0.5) is 4.79 Å². The SMILES string of the molecule is CC(C)(C)COc1ccc(C2CN(C(=O)OC(C)(C)C)C2)cc1. The molecule has 1 aromatic carbocycles. The number of ether oxygens (including phenoxy) is 2. The van der Waals surface area contributed by atoms with Gasteiger partial charge in [0.25, 0.3) is 0 Å². The molecule has 1 saturated heterocycles. The summed E-state index contributed by atoms with van der Waals surface area (Å²) in [6.07, 6.45) is -0.223. The summed E-state index contributed by atoms with van der Waals surface area (Å²) in [5, 5.41) is 0. The Hall–Kier alpha value is -1.71.